The number of fused-ring (bicyclic) bond motifs is 1. The number of rotatable bonds is 7. The van der Waals surface area contributed by atoms with Crippen molar-refractivity contribution in [2.24, 2.45) is 5.73 Å². The van der Waals surface area contributed by atoms with Crippen molar-refractivity contribution >= 4 is 23.2 Å². The molecule has 0 spiro atoms. The molecule has 0 radical (unpaired) electrons. The molecule has 2 heterocycles. The minimum absolute atomic E-state index is 0.142. The van der Waals surface area contributed by atoms with Crippen molar-refractivity contribution < 1.29 is 19.4 Å². The molecule has 2 amide bonds. The lowest BCUT2D eigenvalue weighted by atomic mass is 10.1. The number of benzene rings is 2. The molecule has 0 aliphatic carbocycles. The molecule has 1 fully saturated rings. The highest BCUT2D eigenvalue weighted by Crippen LogP contribution is 2.30. The smallest absolute Gasteiger partial charge is 0.269 e. The largest absolute Gasteiger partial charge is 0.389 e. The van der Waals surface area contributed by atoms with E-state index in [9.17, 15) is 14.7 Å². The zero-order chi connectivity index (χ0) is 22.9. The fourth-order valence-electron chi connectivity index (χ4n) is 3.45. The highest BCUT2D eigenvalue weighted by atomic mass is 16.6. The van der Waals surface area contributed by atoms with Crippen LogP contribution in [0.15, 0.2) is 42.5 Å². The molecule has 1 saturated heterocycles. The Morgan fingerprint density at radius 3 is 2.84 bits per heavy atom. The number of aliphatic hydroxyl groups is 1. The number of carbonyl (C=O) groups excluding carboxylic acids is 2. The van der Waals surface area contributed by atoms with E-state index in [4.69, 9.17) is 10.5 Å². The van der Waals surface area contributed by atoms with Crippen molar-refractivity contribution in [3.8, 4) is 17.5 Å². The van der Waals surface area contributed by atoms with E-state index in [-0.39, 0.29) is 5.69 Å². The summed E-state index contributed by atoms with van der Waals surface area (Å²) in [6, 6.07) is 12.8. The Morgan fingerprint density at radius 1 is 1.41 bits per heavy atom. The van der Waals surface area contributed by atoms with E-state index in [2.05, 4.69) is 16.9 Å². The summed E-state index contributed by atoms with van der Waals surface area (Å²) in [7, 11) is 1.72. The first-order valence-corrected chi connectivity index (χ1v) is 10.3. The lowest BCUT2D eigenvalue weighted by molar-refractivity contribution is -0.117. The Labute approximate surface area is 185 Å². The number of aliphatic hydroxyl groups excluding tert-OH is 1. The van der Waals surface area contributed by atoms with Crippen LogP contribution in [0.1, 0.15) is 41.1 Å². The standard InChI is InChI=1S/C24H24N4O4/c1-16(30)18-6-7-21-20(13-18)22(23(25)31)26-28(21)19-5-3-4-17(12-19)8-9-24(14-32-24)10-11-27(2)15-29/h3-7,12-13,15-16,30H,10-11,14H2,1-2H3,(H2,25,31)/t16-,24+/m1/s1. The van der Waals surface area contributed by atoms with Gasteiger partial charge in [0.05, 0.1) is 23.9 Å². The monoisotopic (exact) mass is 432 g/mol. The lowest BCUT2D eigenvalue weighted by Crippen LogP contribution is -2.22. The Bertz CT molecular complexity index is 1250. The summed E-state index contributed by atoms with van der Waals surface area (Å²) in [5.41, 5.74) is 8.05. The first kappa shape index (κ1) is 21.6. The van der Waals surface area contributed by atoms with Gasteiger partial charge in [-0.1, -0.05) is 24.0 Å². The molecule has 3 aromatic rings. The van der Waals surface area contributed by atoms with Gasteiger partial charge in [0.1, 0.15) is 0 Å². The number of hydrogen-bond acceptors (Lipinski definition) is 5. The summed E-state index contributed by atoms with van der Waals surface area (Å²) in [6.45, 7) is 2.77. The summed E-state index contributed by atoms with van der Waals surface area (Å²) >= 11 is 0. The maximum Gasteiger partial charge on any atom is 0.269 e. The van der Waals surface area contributed by atoms with Gasteiger partial charge in [-0.05, 0) is 42.8 Å². The molecule has 2 aromatic carbocycles. The Balaban J connectivity index is 1.67. The second kappa shape index (κ2) is 8.46. The van der Waals surface area contributed by atoms with E-state index in [1.807, 2.05) is 30.3 Å². The molecule has 1 aromatic heterocycles. The minimum Gasteiger partial charge on any atom is -0.389 e. The molecule has 2 atom stereocenters. The van der Waals surface area contributed by atoms with Crippen LogP contribution in [0.4, 0.5) is 0 Å². The number of ether oxygens (including phenoxy) is 1. The van der Waals surface area contributed by atoms with Gasteiger partial charge in [-0.15, -0.1) is 0 Å². The van der Waals surface area contributed by atoms with E-state index in [0.717, 1.165) is 17.7 Å². The van der Waals surface area contributed by atoms with Gasteiger partial charge in [0.2, 0.25) is 6.41 Å². The average Bonchev–Trinajstić information content (AvgIpc) is 3.46. The third-order valence-electron chi connectivity index (χ3n) is 5.49. The maximum atomic E-state index is 12.0. The van der Waals surface area contributed by atoms with Crippen molar-refractivity contribution in [1.29, 1.82) is 0 Å². The average molecular weight is 432 g/mol. The van der Waals surface area contributed by atoms with Gasteiger partial charge in [0.15, 0.2) is 11.3 Å². The van der Waals surface area contributed by atoms with Crippen LogP contribution in [0.2, 0.25) is 0 Å². The molecular formula is C24H24N4O4. The number of hydrogen-bond donors (Lipinski definition) is 2. The van der Waals surface area contributed by atoms with Crippen LogP contribution in [0.3, 0.4) is 0 Å². The van der Waals surface area contributed by atoms with Gasteiger partial charge < -0.3 is 20.5 Å². The van der Waals surface area contributed by atoms with E-state index in [1.165, 1.54) is 0 Å². The number of epoxide rings is 1. The number of nitrogens with two attached hydrogens (primary N) is 1. The second-order valence-corrected chi connectivity index (χ2v) is 8.00. The van der Waals surface area contributed by atoms with Gasteiger partial charge in [-0.2, -0.15) is 5.10 Å². The van der Waals surface area contributed by atoms with Crippen LogP contribution in [0, 0.1) is 11.8 Å². The zero-order valence-corrected chi connectivity index (χ0v) is 17.9. The van der Waals surface area contributed by atoms with Crippen LogP contribution in [0.5, 0.6) is 0 Å². The summed E-state index contributed by atoms with van der Waals surface area (Å²) in [4.78, 5) is 24.3. The molecule has 4 rings (SSSR count). The topological polar surface area (TPSA) is 114 Å². The molecule has 0 bridgehead atoms. The first-order chi connectivity index (χ1) is 15.3. The molecule has 1 aliphatic heterocycles. The highest BCUT2D eigenvalue weighted by Gasteiger charge is 2.42. The Morgan fingerprint density at radius 2 is 2.19 bits per heavy atom. The summed E-state index contributed by atoms with van der Waals surface area (Å²) in [5, 5.41) is 14.9. The third-order valence-corrected chi connectivity index (χ3v) is 5.49. The summed E-state index contributed by atoms with van der Waals surface area (Å²) in [5.74, 6) is 5.69. The van der Waals surface area contributed by atoms with E-state index in [0.29, 0.717) is 36.0 Å². The Kier molecular flexibility index (Phi) is 5.70. The van der Waals surface area contributed by atoms with Gasteiger partial charge in [0.25, 0.3) is 5.91 Å². The van der Waals surface area contributed by atoms with Crippen LogP contribution >= 0.6 is 0 Å². The van der Waals surface area contributed by atoms with Gasteiger partial charge in [0, 0.05) is 31.0 Å². The first-order valence-electron chi connectivity index (χ1n) is 10.3. The van der Waals surface area contributed by atoms with Crippen molar-refractivity contribution in [3.05, 3.63) is 59.3 Å². The van der Waals surface area contributed by atoms with E-state index < -0.39 is 17.6 Å². The minimum atomic E-state index is -0.676. The predicted molar refractivity (Wildman–Crippen MR) is 119 cm³/mol. The van der Waals surface area contributed by atoms with Crippen LogP contribution < -0.4 is 5.73 Å². The molecule has 0 saturated carbocycles. The fourth-order valence-corrected chi connectivity index (χ4v) is 3.45. The number of primary amides is 1. The number of nitrogens with zero attached hydrogens (tertiary/aromatic N) is 3. The Hall–Kier alpha value is -3.67. The summed E-state index contributed by atoms with van der Waals surface area (Å²) in [6.07, 6.45) is 0.753. The van der Waals surface area contributed by atoms with Gasteiger partial charge in [-0.25, -0.2) is 4.68 Å². The molecule has 8 nitrogen and oxygen atoms in total. The SMILES string of the molecule is C[C@@H](O)c1ccc2c(c1)c(C(N)=O)nn2-c1cccc(C#C[C@]2(CCN(C)C=O)CO2)c1. The number of carbonyl (C=O) groups is 2. The van der Waals surface area contributed by atoms with Crippen molar-refractivity contribution in [2.75, 3.05) is 20.2 Å². The number of aromatic nitrogens is 2. The molecule has 32 heavy (non-hydrogen) atoms. The van der Waals surface area contributed by atoms with Crippen molar-refractivity contribution in [1.82, 2.24) is 14.7 Å². The van der Waals surface area contributed by atoms with Gasteiger partial charge >= 0.3 is 0 Å². The molecule has 8 heteroatoms. The van der Waals surface area contributed by atoms with Gasteiger partial charge in [-0.3, -0.25) is 9.59 Å². The molecule has 164 valence electrons. The maximum absolute atomic E-state index is 12.0. The lowest BCUT2D eigenvalue weighted by Gasteiger charge is -2.11. The van der Waals surface area contributed by atoms with Crippen molar-refractivity contribution in [2.45, 2.75) is 25.0 Å². The van der Waals surface area contributed by atoms with Crippen molar-refractivity contribution in [3.63, 3.8) is 0 Å². The molecular weight excluding hydrogens is 408 g/mol. The summed E-state index contributed by atoms with van der Waals surface area (Å²) < 4.78 is 7.19. The molecule has 3 N–H and O–H groups in total. The molecule has 1 aliphatic rings. The van der Waals surface area contributed by atoms with E-state index in [1.54, 1.807) is 35.7 Å². The van der Waals surface area contributed by atoms with E-state index >= 15 is 0 Å². The van der Waals surface area contributed by atoms with Crippen LogP contribution in [-0.4, -0.2) is 57.9 Å². The van der Waals surface area contributed by atoms with Crippen LogP contribution in [0.25, 0.3) is 16.6 Å². The normalized spacial score (nSPS) is 18.0. The zero-order valence-electron chi connectivity index (χ0n) is 17.9. The predicted octanol–water partition coefficient (Wildman–Crippen LogP) is 1.78. The second-order valence-electron chi connectivity index (χ2n) is 8.00. The highest BCUT2D eigenvalue weighted by molar-refractivity contribution is 6.04. The number of amides is 2. The molecule has 0 unspecified atom stereocenters. The fraction of sp³-hybridized carbons (Fsp3) is 0.292. The third kappa shape index (κ3) is 4.35. The van der Waals surface area contributed by atoms with Crippen LogP contribution in [-0.2, 0) is 9.53 Å². The quantitative estimate of drug-likeness (QED) is 0.336.